The largest absolute Gasteiger partial charge is 0.306 e. The van der Waals surface area contributed by atoms with Gasteiger partial charge in [0.25, 0.3) is 5.91 Å². The topological polar surface area (TPSA) is 51.0 Å². The fraction of sp³-hybridized carbons (Fsp3) is 0.118. The van der Waals surface area contributed by atoms with Crippen molar-refractivity contribution >= 4 is 27.5 Å². The van der Waals surface area contributed by atoms with Gasteiger partial charge in [0.1, 0.15) is 5.69 Å². The summed E-state index contributed by atoms with van der Waals surface area (Å²) in [5.74, 6) is -0.0833. The predicted molar refractivity (Wildman–Crippen MR) is 90.9 cm³/mol. The molecule has 114 valence electrons. The summed E-state index contributed by atoms with van der Waals surface area (Å²) in [5.41, 5.74) is 3.39. The van der Waals surface area contributed by atoms with Crippen molar-refractivity contribution in [1.82, 2.24) is 14.8 Å². The fourth-order valence-corrected chi connectivity index (χ4v) is 3.23. The van der Waals surface area contributed by atoms with Crippen molar-refractivity contribution in [1.29, 1.82) is 0 Å². The molecule has 5 nitrogen and oxygen atoms in total. The predicted octanol–water partition coefficient (Wildman–Crippen LogP) is 3.23. The number of hydrogen-bond donors (Lipinski definition) is 0. The van der Waals surface area contributed by atoms with E-state index in [0.29, 0.717) is 12.2 Å². The summed E-state index contributed by atoms with van der Waals surface area (Å²) in [6, 6.07) is 11.4. The maximum Gasteiger partial charge on any atom is 0.276 e. The highest BCUT2D eigenvalue weighted by Gasteiger charge is 2.26. The Labute approximate surface area is 141 Å². The van der Waals surface area contributed by atoms with Crippen molar-refractivity contribution in [3.05, 3.63) is 70.7 Å². The average Bonchev–Trinajstić information content (AvgIpc) is 3.23. The summed E-state index contributed by atoms with van der Waals surface area (Å²) in [4.78, 5) is 18.9. The van der Waals surface area contributed by atoms with E-state index in [1.165, 1.54) is 5.56 Å². The van der Waals surface area contributed by atoms with Gasteiger partial charge < -0.3 is 4.90 Å². The van der Waals surface area contributed by atoms with Crippen LogP contribution in [0.25, 0.3) is 5.69 Å². The summed E-state index contributed by atoms with van der Waals surface area (Å²) < 4.78 is 2.75. The smallest absolute Gasteiger partial charge is 0.276 e. The zero-order chi connectivity index (χ0) is 15.8. The van der Waals surface area contributed by atoms with Crippen molar-refractivity contribution in [3.8, 4) is 5.69 Å². The molecule has 1 aromatic carbocycles. The van der Waals surface area contributed by atoms with Crippen LogP contribution in [0.4, 0.5) is 5.69 Å². The summed E-state index contributed by atoms with van der Waals surface area (Å²) in [6.07, 6.45) is 6.05. The molecule has 0 saturated carbocycles. The van der Waals surface area contributed by atoms with Crippen molar-refractivity contribution in [2.24, 2.45) is 0 Å². The molecule has 0 spiro atoms. The highest BCUT2D eigenvalue weighted by atomic mass is 79.9. The van der Waals surface area contributed by atoms with Crippen molar-refractivity contribution in [2.75, 3.05) is 11.4 Å². The first-order valence-corrected chi connectivity index (χ1v) is 8.08. The summed E-state index contributed by atoms with van der Waals surface area (Å²) in [5, 5.41) is 4.19. The van der Waals surface area contributed by atoms with Crippen molar-refractivity contribution < 1.29 is 4.79 Å². The first-order valence-electron chi connectivity index (χ1n) is 7.29. The second-order valence-electron chi connectivity index (χ2n) is 5.33. The van der Waals surface area contributed by atoms with E-state index < -0.39 is 0 Å². The number of carbonyl (C=O) groups is 1. The number of benzene rings is 1. The highest BCUT2D eigenvalue weighted by Crippen LogP contribution is 2.31. The molecule has 23 heavy (non-hydrogen) atoms. The van der Waals surface area contributed by atoms with Gasteiger partial charge in [-0.3, -0.25) is 9.78 Å². The summed E-state index contributed by atoms with van der Waals surface area (Å²) >= 11 is 3.47. The number of halogens is 1. The molecule has 3 heterocycles. The van der Waals surface area contributed by atoms with E-state index in [2.05, 4.69) is 32.1 Å². The van der Waals surface area contributed by atoms with Gasteiger partial charge in [0, 0.05) is 35.3 Å². The molecule has 0 N–H and O–H groups in total. The summed E-state index contributed by atoms with van der Waals surface area (Å²) in [6.45, 7) is 0.679. The molecule has 0 unspecified atom stereocenters. The Morgan fingerprint density at radius 1 is 1.17 bits per heavy atom. The monoisotopic (exact) mass is 368 g/mol. The molecule has 0 aliphatic carbocycles. The minimum Gasteiger partial charge on any atom is -0.306 e. The van der Waals surface area contributed by atoms with E-state index in [1.54, 1.807) is 28.0 Å². The minimum atomic E-state index is -0.0833. The van der Waals surface area contributed by atoms with E-state index >= 15 is 0 Å². The maximum atomic E-state index is 12.8. The number of nitrogens with zero attached hydrogens (tertiary/aromatic N) is 4. The van der Waals surface area contributed by atoms with Gasteiger partial charge >= 0.3 is 0 Å². The van der Waals surface area contributed by atoms with Crippen LogP contribution < -0.4 is 4.90 Å². The number of aromatic nitrogens is 3. The third-order valence-electron chi connectivity index (χ3n) is 3.91. The van der Waals surface area contributed by atoms with Crippen molar-refractivity contribution in [3.63, 3.8) is 0 Å². The van der Waals surface area contributed by atoms with Crippen LogP contribution in [0.2, 0.25) is 0 Å². The molecule has 3 aromatic rings. The molecule has 1 aliphatic rings. The molecule has 4 rings (SSSR count). The van der Waals surface area contributed by atoms with Gasteiger partial charge in [0.2, 0.25) is 0 Å². The number of anilines is 1. The van der Waals surface area contributed by atoms with Crippen molar-refractivity contribution in [2.45, 2.75) is 6.42 Å². The Morgan fingerprint density at radius 3 is 2.91 bits per heavy atom. The van der Waals surface area contributed by atoms with Crippen LogP contribution in [0.1, 0.15) is 16.1 Å². The van der Waals surface area contributed by atoms with Gasteiger partial charge in [-0.1, -0.05) is 15.9 Å². The molecule has 0 atom stereocenters. The van der Waals surface area contributed by atoms with Crippen LogP contribution in [-0.2, 0) is 6.42 Å². The number of fused-ring (bicyclic) bond motifs is 1. The quantitative estimate of drug-likeness (QED) is 0.697. The third kappa shape index (κ3) is 2.55. The first kappa shape index (κ1) is 14.1. The Kier molecular flexibility index (Phi) is 3.46. The van der Waals surface area contributed by atoms with Gasteiger partial charge in [0.05, 0.1) is 5.69 Å². The molecule has 1 aliphatic heterocycles. The number of hydrogen-bond acceptors (Lipinski definition) is 3. The molecule has 2 aromatic heterocycles. The number of carbonyl (C=O) groups excluding carboxylic acids is 1. The second-order valence-corrected chi connectivity index (χ2v) is 6.25. The average molecular weight is 369 g/mol. The second kappa shape index (κ2) is 5.62. The lowest BCUT2D eigenvalue weighted by Gasteiger charge is -2.17. The Bertz CT molecular complexity index is 876. The third-order valence-corrected chi connectivity index (χ3v) is 4.41. The lowest BCUT2D eigenvalue weighted by molar-refractivity contribution is 0.0984. The van der Waals surface area contributed by atoms with Crippen LogP contribution in [0.5, 0.6) is 0 Å². The van der Waals surface area contributed by atoms with Gasteiger partial charge in [-0.05, 0) is 48.4 Å². The SMILES string of the molecule is O=C(c1cc(-n2cccn2)ccn1)N1CCc2cc(Br)ccc21. The van der Waals surface area contributed by atoms with E-state index in [9.17, 15) is 4.79 Å². The Balaban J connectivity index is 1.68. The number of amides is 1. The van der Waals surface area contributed by atoms with Gasteiger partial charge in [-0.15, -0.1) is 0 Å². The van der Waals surface area contributed by atoms with Crippen LogP contribution in [0.15, 0.2) is 59.5 Å². The van der Waals surface area contributed by atoms with Crippen LogP contribution >= 0.6 is 15.9 Å². The van der Waals surface area contributed by atoms with E-state index in [4.69, 9.17) is 0 Å². The molecule has 0 bridgehead atoms. The fourth-order valence-electron chi connectivity index (χ4n) is 2.82. The zero-order valence-corrected chi connectivity index (χ0v) is 13.8. The van der Waals surface area contributed by atoms with E-state index in [1.807, 2.05) is 30.5 Å². The zero-order valence-electron chi connectivity index (χ0n) is 12.2. The molecule has 1 amide bonds. The van der Waals surface area contributed by atoms with E-state index in [0.717, 1.165) is 22.3 Å². The molecule has 6 heteroatoms. The lowest BCUT2D eigenvalue weighted by atomic mass is 10.2. The van der Waals surface area contributed by atoms with E-state index in [-0.39, 0.29) is 5.91 Å². The summed E-state index contributed by atoms with van der Waals surface area (Å²) in [7, 11) is 0. The Morgan fingerprint density at radius 2 is 2.09 bits per heavy atom. The van der Waals surface area contributed by atoms with Gasteiger partial charge in [-0.25, -0.2) is 4.68 Å². The Hall–Kier alpha value is -2.47. The molecule has 0 radical (unpaired) electrons. The van der Waals surface area contributed by atoms with Crippen LogP contribution in [-0.4, -0.2) is 27.2 Å². The number of pyridine rings is 1. The molecular formula is C17H13BrN4O. The maximum absolute atomic E-state index is 12.8. The first-order chi connectivity index (χ1) is 11.2. The highest BCUT2D eigenvalue weighted by molar-refractivity contribution is 9.10. The van der Waals surface area contributed by atoms with Crippen LogP contribution in [0.3, 0.4) is 0 Å². The minimum absolute atomic E-state index is 0.0833. The molecule has 0 saturated heterocycles. The standard InChI is InChI=1S/C17H13BrN4O/c18-13-2-3-16-12(10-13)5-9-21(16)17(23)15-11-14(4-7-19-15)22-8-1-6-20-22/h1-4,6-8,10-11H,5,9H2. The van der Waals surface area contributed by atoms with Gasteiger partial charge in [0.15, 0.2) is 0 Å². The number of rotatable bonds is 2. The lowest BCUT2D eigenvalue weighted by Crippen LogP contribution is -2.29. The normalized spacial score (nSPS) is 13.2. The molecular weight excluding hydrogens is 356 g/mol. The van der Waals surface area contributed by atoms with Gasteiger partial charge in [-0.2, -0.15) is 5.10 Å². The van der Waals surface area contributed by atoms with Crippen LogP contribution in [0, 0.1) is 0 Å². The molecule has 0 fully saturated rings.